The van der Waals surface area contributed by atoms with Crippen LogP contribution in [-0.4, -0.2) is 45.0 Å². The number of thiophene rings is 1. The van der Waals surface area contributed by atoms with Crippen LogP contribution in [-0.2, 0) is 0 Å². The first kappa shape index (κ1) is 19.4. The Labute approximate surface area is 174 Å². The van der Waals surface area contributed by atoms with Gasteiger partial charge in [-0.25, -0.2) is 9.97 Å². The lowest BCUT2D eigenvalue weighted by molar-refractivity contribution is 0.0946. The van der Waals surface area contributed by atoms with Crippen LogP contribution in [0.4, 0.5) is 0 Å². The first-order chi connectivity index (χ1) is 14.5. The maximum atomic E-state index is 12.6. The van der Waals surface area contributed by atoms with E-state index in [0.717, 1.165) is 4.88 Å². The van der Waals surface area contributed by atoms with Crippen molar-refractivity contribution in [3.05, 3.63) is 59.1 Å². The maximum absolute atomic E-state index is 12.6. The number of imidazole rings is 1. The number of phenolic OH excluding ortho intramolecular Hbond substituents is 1. The second kappa shape index (κ2) is 8.21. The maximum Gasteiger partial charge on any atom is 0.253 e. The Hall–Kier alpha value is -3.92. The summed E-state index contributed by atoms with van der Waals surface area (Å²) < 4.78 is 5.45. The third-order valence-electron chi connectivity index (χ3n) is 4.28. The highest BCUT2D eigenvalue weighted by Crippen LogP contribution is 2.30. The van der Waals surface area contributed by atoms with E-state index < -0.39 is 5.91 Å². The van der Waals surface area contributed by atoms with Crippen LogP contribution in [0.2, 0.25) is 0 Å². The van der Waals surface area contributed by atoms with Crippen LogP contribution in [0.1, 0.15) is 20.7 Å². The Kier molecular flexibility index (Phi) is 5.31. The van der Waals surface area contributed by atoms with Crippen LogP contribution >= 0.6 is 11.3 Å². The van der Waals surface area contributed by atoms with Crippen molar-refractivity contribution in [1.82, 2.24) is 20.3 Å². The second-order valence-corrected chi connectivity index (χ2v) is 7.22. The van der Waals surface area contributed by atoms with Crippen LogP contribution in [0.5, 0.6) is 11.6 Å². The minimum absolute atomic E-state index is 0.0191. The summed E-state index contributed by atoms with van der Waals surface area (Å²) in [4.78, 5) is 36.1. The number of aromatic amines is 1. The van der Waals surface area contributed by atoms with Gasteiger partial charge in [0.2, 0.25) is 11.8 Å². The normalized spacial score (nSPS) is 10.8. The number of H-pyrrole nitrogens is 1. The minimum Gasteiger partial charge on any atom is -0.506 e. The number of pyridine rings is 1. The number of nitrogens with two attached hydrogens (primary N) is 1. The first-order valence-electron chi connectivity index (χ1n) is 8.95. The lowest BCUT2D eigenvalue weighted by Gasteiger charge is -2.08. The van der Waals surface area contributed by atoms with Crippen LogP contribution < -0.4 is 15.8 Å². The molecule has 0 fully saturated rings. The molecule has 3 aromatic heterocycles. The van der Waals surface area contributed by atoms with E-state index in [0.29, 0.717) is 28.3 Å². The van der Waals surface area contributed by atoms with Crippen LogP contribution in [0, 0.1) is 0 Å². The number of rotatable bonds is 7. The molecule has 0 spiro atoms. The van der Waals surface area contributed by atoms with Gasteiger partial charge in [-0.3, -0.25) is 9.59 Å². The van der Waals surface area contributed by atoms with E-state index in [1.165, 1.54) is 41.8 Å². The second-order valence-electron chi connectivity index (χ2n) is 6.27. The Morgan fingerprint density at radius 3 is 2.80 bits per heavy atom. The van der Waals surface area contributed by atoms with Crippen molar-refractivity contribution >= 4 is 34.2 Å². The fourth-order valence-corrected chi connectivity index (χ4v) is 3.49. The van der Waals surface area contributed by atoms with E-state index in [1.807, 2.05) is 17.5 Å². The molecule has 0 radical (unpaired) electrons. The SMILES string of the molecule is NC(=O)c1ccc(OCCNC(=O)c2ccc(O)c3[nH]c(-c4cccs4)nc23)nc1. The summed E-state index contributed by atoms with van der Waals surface area (Å²) in [5.41, 5.74) is 6.58. The number of carbonyl (C=O) groups is 2. The smallest absolute Gasteiger partial charge is 0.253 e. The summed E-state index contributed by atoms with van der Waals surface area (Å²) in [5.74, 6) is 0.0104. The zero-order valence-electron chi connectivity index (χ0n) is 15.6. The van der Waals surface area contributed by atoms with Crippen LogP contribution in [0.25, 0.3) is 21.7 Å². The van der Waals surface area contributed by atoms with Crippen molar-refractivity contribution in [3.63, 3.8) is 0 Å². The minimum atomic E-state index is -0.567. The standard InChI is InChI=1S/C20H17N5O4S/c21-18(27)11-3-6-15(23-10-11)29-8-7-22-20(28)12-4-5-13(26)17-16(12)24-19(25-17)14-2-1-9-30-14/h1-6,9-10,26H,7-8H2,(H2,21,27)(H,22,28)(H,24,25). The number of hydrogen-bond donors (Lipinski definition) is 4. The molecule has 0 aliphatic heterocycles. The summed E-state index contributed by atoms with van der Waals surface area (Å²) in [5, 5.41) is 14.8. The number of aromatic hydroxyl groups is 1. The molecule has 0 saturated heterocycles. The van der Waals surface area contributed by atoms with E-state index in [4.69, 9.17) is 10.5 Å². The molecule has 4 rings (SSSR count). The van der Waals surface area contributed by atoms with Gasteiger partial charge in [-0.05, 0) is 29.6 Å². The number of carbonyl (C=O) groups excluding carboxylic acids is 2. The van der Waals surface area contributed by atoms with Crippen molar-refractivity contribution in [2.24, 2.45) is 5.73 Å². The largest absolute Gasteiger partial charge is 0.506 e. The van der Waals surface area contributed by atoms with Gasteiger partial charge >= 0.3 is 0 Å². The fourth-order valence-electron chi connectivity index (χ4n) is 2.82. The number of nitrogens with one attached hydrogen (secondary N) is 2. The number of phenols is 1. The molecule has 3 heterocycles. The molecule has 0 atom stereocenters. The number of ether oxygens (including phenoxy) is 1. The molecule has 0 bridgehead atoms. The molecular weight excluding hydrogens is 406 g/mol. The van der Waals surface area contributed by atoms with Crippen molar-refractivity contribution in [1.29, 1.82) is 0 Å². The summed E-state index contributed by atoms with van der Waals surface area (Å²) in [7, 11) is 0. The van der Waals surface area contributed by atoms with Crippen molar-refractivity contribution in [3.8, 4) is 22.3 Å². The van der Waals surface area contributed by atoms with E-state index in [9.17, 15) is 14.7 Å². The molecule has 9 nitrogen and oxygen atoms in total. The van der Waals surface area contributed by atoms with Gasteiger partial charge in [0.15, 0.2) is 0 Å². The van der Waals surface area contributed by atoms with Gasteiger partial charge in [0.1, 0.15) is 29.2 Å². The summed E-state index contributed by atoms with van der Waals surface area (Å²) in [6.07, 6.45) is 1.33. The number of amides is 2. The van der Waals surface area contributed by atoms with Gasteiger partial charge in [0, 0.05) is 12.3 Å². The number of aromatic nitrogens is 3. The van der Waals surface area contributed by atoms with Gasteiger partial charge in [0.25, 0.3) is 5.91 Å². The summed E-state index contributed by atoms with van der Waals surface area (Å²) in [6.45, 7) is 0.402. The van der Waals surface area contributed by atoms with E-state index >= 15 is 0 Å². The van der Waals surface area contributed by atoms with E-state index in [2.05, 4.69) is 20.3 Å². The van der Waals surface area contributed by atoms with E-state index in [-0.39, 0.29) is 30.4 Å². The predicted octanol–water partition coefficient (Wildman–Crippen LogP) is 2.30. The zero-order chi connectivity index (χ0) is 21.1. The molecule has 0 aliphatic carbocycles. The van der Waals surface area contributed by atoms with Crippen molar-refractivity contribution < 1.29 is 19.4 Å². The average molecular weight is 423 g/mol. The third kappa shape index (κ3) is 3.94. The molecule has 4 aromatic rings. The number of benzene rings is 1. The number of nitrogens with zero attached hydrogens (tertiary/aromatic N) is 2. The van der Waals surface area contributed by atoms with Gasteiger partial charge in [-0.15, -0.1) is 11.3 Å². The van der Waals surface area contributed by atoms with Gasteiger partial charge in [0.05, 0.1) is 22.5 Å². The molecule has 5 N–H and O–H groups in total. The highest BCUT2D eigenvalue weighted by atomic mass is 32.1. The Balaban J connectivity index is 1.42. The third-order valence-corrected chi connectivity index (χ3v) is 5.16. The summed E-state index contributed by atoms with van der Waals surface area (Å²) in [6, 6.07) is 9.82. The zero-order valence-corrected chi connectivity index (χ0v) is 16.4. The number of hydrogen-bond acceptors (Lipinski definition) is 7. The Bertz CT molecular complexity index is 1200. The quantitative estimate of drug-likeness (QED) is 0.336. The molecular formula is C20H17N5O4S. The number of primary amides is 1. The Morgan fingerprint density at radius 1 is 1.23 bits per heavy atom. The lowest BCUT2D eigenvalue weighted by atomic mass is 10.1. The Morgan fingerprint density at radius 2 is 2.10 bits per heavy atom. The average Bonchev–Trinajstić information content (AvgIpc) is 3.42. The van der Waals surface area contributed by atoms with Gasteiger partial charge in [-0.1, -0.05) is 6.07 Å². The molecule has 0 aliphatic rings. The topological polar surface area (TPSA) is 143 Å². The molecule has 152 valence electrons. The van der Waals surface area contributed by atoms with Crippen LogP contribution in [0.15, 0.2) is 48.0 Å². The van der Waals surface area contributed by atoms with E-state index in [1.54, 1.807) is 0 Å². The predicted molar refractivity (Wildman–Crippen MR) is 112 cm³/mol. The molecule has 2 amide bonds. The number of fused-ring (bicyclic) bond motifs is 1. The van der Waals surface area contributed by atoms with Gasteiger partial charge in [-0.2, -0.15) is 0 Å². The van der Waals surface area contributed by atoms with Crippen molar-refractivity contribution in [2.45, 2.75) is 0 Å². The highest BCUT2D eigenvalue weighted by molar-refractivity contribution is 7.13. The molecule has 1 aromatic carbocycles. The fraction of sp³-hybridized carbons (Fsp3) is 0.100. The van der Waals surface area contributed by atoms with Crippen LogP contribution in [0.3, 0.4) is 0 Å². The molecule has 30 heavy (non-hydrogen) atoms. The first-order valence-corrected chi connectivity index (χ1v) is 9.83. The molecule has 10 heteroatoms. The van der Waals surface area contributed by atoms with Gasteiger partial charge < -0.3 is 25.9 Å². The molecule has 0 unspecified atom stereocenters. The monoisotopic (exact) mass is 423 g/mol. The highest BCUT2D eigenvalue weighted by Gasteiger charge is 2.17. The summed E-state index contributed by atoms with van der Waals surface area (Å²) >= 11 is 1.50. The molecule has 0 saturated carbocycles. The van der Waals surface area contributed by atoms with Crippen molar-refractivity contribution in [2.75, 3.05) is 13.2 Å². The lowest BCUT2D eigenvalue weighted by Crippen LogP contribution is -2.28.